The molecule has 0 radical (unpaired) electrons. The van der Waals surface area contributed by atoms with Crippen LogP contribution in [0.4, 0.5) is 24.8 Å². The topological polar surface area (TPSA) is 97.2 Å². The number of carbonyl (C=O) groups is 1. The number of alkyl halides is 3. The molecule has 1 aliphatic carbocycles. The Morgan fingerprint density at radius 2 is 1.81 bits per heavy atom. The van der Waals surface area contributed by atoms with Crippen molar-refractivity contribution in [1.29, 1.82) is 0 Å². The second-order valence-electron chi connectivity index (χ2n) is 13.6. The van der Waals surface area contributed by atoms with Crippen molar-refractivity contribution in [3.8, 4) is 11.7 Å². The number of hydrogen-bond donors (Lipinski definition) is 2. The van der Waals surface area contributed by atoms with E-state index in [-0.39, 0.29) is 49.2 Å². The maximum Gasteiger partial charge on any atom is 0.394 e. The molecule has 4 aromatic rings. The Hall–Kier alpha value is -4.26. The fourth-order valence-corrected chi connectivity index (χ4v) is 7.48. The fourth-order valence-electron chi connectivity index (χ4n) is 6.88. The molecule has 3 aromatic heterocycles. The third kappa shape index (κ3) is 6.69. The number of benzene rings is 1. The summed E-state index contributed by atoms with van der Waals surface area (Å²) in [7, 11) is 0. The van der Waals surface area contributed by atoms with E-state index in [1.807, 2.05) is 36.4 Å². The average Bonchev–Trinajstić information content (AvgIpc) is 3.62. The van der Waals surface area contributed by atoms with Crippen LogP contribution in [0, 0.1) is 11.3 Å². The van der Waals surface area contributed by atoms with E-state index in [1.54, 1.807) is 24.4 Å². The molecule has 48 heavy (non-hydrogen) atoms. The van der Waals surface area contributed by atoms with Gasteiger partial charge in [0.05, 0.1) is 23.6 Å². The van der Waals surface area contributed by atoms with E-state index in [0.29, 0.717) is 28.1 Å². The monoisotopic (exact) mass is 677 g/mol. The highest BCUT2D eigenvalue weighted by atomic mass is 32.2. The lowest BCUT2D eigenvalue weighted by atomic mass is 9.90. The minimum Gasteiger partial charge on any atom is -0.477 e. The Bertz CT molecular complexity index is 1780. The molecule has 1 saturated carbocycles. The Kier molecular flexibility index (Phi) is 8.51. The van der Waals surface area contributed by atoms with E-state index in [1.165, 1.54) is 10.2 Å². The van der Waals surface area contributed by atoms with Gasteiger partial charge >= 0.3 is 6.18 Å². The molecule has 2 aliphatic heterocycles. The Labute approximate surface area is 281 Å². The van der Waals surface area contributed by atoms with Gasteiger partial charge in [0, 0.05) is 36.3 Å². The number of amides is 1. The summed E-state index contributed by atoms with van der Waals surface area (Å²) in [5.41, 5.74) is -0.295. The van der Waals surface area contributed by atoms with E-state index >= 15 is 0 Å². The van der Waals surface area contributed by atoms with Crippen LogP contribution < -0.4 is 19.7 Å². The maximum absolute atomic E-state index is 13.7. The van der Waals surface area contributed by atoms with Crippen LogP contribution >= 0.6 is 11.9 Å². The summed E-state index contributed by atoms with van der Waals surface area (Å²) in [6.07, 6.45) is 0.399. The zero-order valence-corrected chi connectivity index (χ0v) is 27.7. The highest BCUT2D eigenvalue weighted by molar-refractivity contribution is 7.97. The number of nitrogens with one attached hydrogen (secondary N) is 2. The number of pyridine rings is 2. The fraction of sp³-hybridized carbons (Fsp3) is 0.429. The average molecular weight is 678 g/mol. The second-order valence-corrected chi connectivity index (χ2v) is 14.4. The quantitative estimate of drug-likeness (QED) is 0.200. The van der Waals surface area contributed by atoms with Crippen molar-refractivity contribution in [1.82, 2.24) is 24.5 Å². The van der Waals surface area contributed by atoms with Crippen molar-refractivity contribution >= 4 is 29.5 Å². The molecule has 2 unspecified atom stereocenters. The Balaban J connectivity index is 1.16. The first-order valence-corrected chi connectivity index (χ1v) is 17.1. The summed E-state index contributed by atoms with van der Waals surface area (Å²) in [5.74, 6) is 2.04. The SMILES string of the molecule is CC1(C)CC2CCC(c3ccccc3)Nc3cccc(n3)SNC(=O)c3ccc(-n4ccc(OCCC5(C(F)(F)F)CC5)n4)nc3N1C2. The summed E-state index contributed by atoms with van der Waals surface area (Å²) in [4.78, 5) is 25.7. The Morgan fingerprint density at radius 3 is 2.58 bits per heavy atom. The lowest BCUT2D eigenvalue weighted by Crippen LogP contribution is -2.40. The van der Waals surface area contributed by atoms with Gasteiger partial charge in [-0.2, -0.15) is 13.2 Å². The largest absolute Gasteiger partial charge is 0.477 e. The predicted octanol–water partition coefficient (Wildman–Crippen LogP) is 7.76. The van der Waals surface area contributed by atoms with Gasteiger partial charge < -0.3 is 15.0 Å². The van der Waals surface area contributed by atoms with Gasteiger partial charge in [-0.3, -0.25) is 9.52 Å². The lowest BCUT2D eigenvalue weighted by molar-refractivity contribution is -0.190. The third-order valence-electron chi connectivity index (χ3n) is 9.76. The van der Waals surface area contributed by atoms with E-state index in [2.05, 4.69) is 46.0 Å². The van der Waals surface area contributed by atoms with Crippen LogP contribution in [0.5, 0.6) is 5.88 Å². The first-order chi connectivity index (χ1) is 23.0. The zero-order valence-electron chi connectivity index (χ0n) is 26.8. The highest BCUT2D eigenvalue weighted by Gasteiger charge is 2.62. The molecule has 3 aliphatic rings. The van der Waals surface area contributed by atoms with Crippen LogP contribution in [0.1, 0.15) is 74.3 Å². The molecule has 5 heterocycles. The molecule has 13 heteroatoms. The van der Waals surface area contributed by atoms with Gasteiger partial charge in [0.1, 0.15) is 16.7 Å². The van der Waals surface area contributed by atoms with Gasteiger partial charge in [-0.25, -0.2) is 14.6 Å². The lowest BCUT2D eigenvalue weighted by Gasteiger charge is -2.34. The molecule has 0 spiro atoms. The van der Waals surface area contributed by atoms with Crippen LogP contribution in [-0.4, -0.2) is 50.5 Å². The van der Waals surface area contributed by atoms with Gasteiger partial charge in [-0.15, -0.1) is 5.10 Å². The zero-order chi connectivity index (χ0) is 33.5. The van der Waals surface area contributed by atoms with Crippen molar-refractivity contribution in [3.05, 3.63) is 84.1 Å². The number of nitrogens with zero attached hydrogens (tertiary/aromatic N) is 5. The van der Waals surface area contributed by atoms with Crippen molar-refractivity contribution in [2.75, 3.05) is 23.4 Å². The standard InChI is InChI=1S/C35H38F3N7O2S/c1-33(2)21-23-11-13-26(24-7-4-3-5-8-24)39-27-9-6-10-30(40-27)48-43-32(46)25-12-14-28(41-31(25)44(33)22-23)45-19-15-29(42-45)47-20-18-34(16-17-34)35(36,37)38/h3-10,12,14-15,19,23,26H,11,13,16-18,20-22H2,1-2H3,(H,39,40)(H,43,46). The van der Waals surface area contributed by atoms with Crippen molar-refractivity contribution in [3.63, 3.8) is 0 Å². The molecule has 2 atom stereocenters. The smallest absolute Gasteiger partial charge is 0.394 e. The molecule has 7 rings (SSSR count). The molecular weight excluding hydrogens is 639 g/mol. The third-order valence-corrected chi connectivity index (χ3v) is 10.5. The number of anilines is 2. The molecule has 2 N–H and O–H groups in total. The molecule has 1 saturated heterocycles. The predicted molar refractivity (Wildman–Crippen MR) is 178 cm³/mol. The van der Waals surface area contributed by atoms with E-state index in [4.69, 9.17) is 14.7 Å². The molecule has 1 amide bonds. The van der Waals surface area contributed by atoms with Crippen molar-refractivity contribution in [2.45, 2.75) is 75.2 Å². The highest BCUT2D eigenvalue weighted by Crippen LogP contribution is 2.59. The van der Waals surface area contributed by atoms with Gasteiger partial charge in [0.2, 0.25) is 5.88 Å². The van der Waals surface area contributed by atoms with E-state index in [9.17, 15) is 18.0 Å². The first-order valence-electron chi connectivity index (χ1n) is 16.3. The van der Waals surface area contributed by atoms with Gasteiger partial charge in [0.25, 0.3) is 5.91 Å². The van der Waals surface area contributed by atoms with E-state index in [0.717, 1.165) is 43.6 Å². The van der Waals surface area contributed by atoms with Crippen LogP contribution in [0.25, 0.3) is 5.82 Å². The molecule has 9 nitrogen and oxygen atoms in total. The number of ether oxygens (including phenoxy) is 1. The normalized spacial score (nSPS) is 21.7. The van der Waals surface area contributed by atoms with Gasteiger partial charge in [0.15, 0.2) is 5.82 Å². The summed E-state index contributed by atoms with van der Waals surface area (Å²) in [5, 5.41) is 8.73. The van der Waals surface area contributed by atoms with E-state index < -0.39 is 11.6 Å². The van der Waals surface area contributed by atoms with Crippen molar-refractivity contribution in [2.24, 2.45) is 11.3 Å². The van der Waals surface area contributed by atoms with Gasteiger partial charge in [-0.05, 0) is 88.1 Å². The summed E-state index contributed by atoms with van der Waals surface area (Å²) in [6.45, 7) is 5.00. The summed E-state index contributed by atoms with van der Waals surface area (Å²) < 4.78 is 50.1. The number of hydrogen-bond acceptors (Lipinski definition) is 8. The van der Waals surface area contributed by atoms with Crippen LogP contribution in [0.15, 0.2) is 78.0 Å². The minimum atomic E-state index is -4.22. The molecule has 2 fully saturated rings. The minimum absolute atomic E-state index is 0.0624. The van der Waals surface area contributed by atoms with Crippen LogP contribution in [0.3, 0.4) is 0 Å². The number of carbonyl (C=O) groups excluding carboxylic acids is 1. The molecule has 4 bridgehead atoms. The maximum atomic E-state index is 13.7. The van der Waals surface area contributed by atoms with Crippen LogP contribution in [-0.2, 0) is 0 Å². The Morgan fingerprint density at radius 1 is 1.00 bits per heavy atom. The second kappa shape index (κ2) is 12.6. The van der Waals surface area contributed by atoms with Crippen molar-refractivity contribution < 1.29 is 22.7 Å². The van der Waals surface area contributed by atoms with Crippen LogP contribution in [0.2, 0.25) is 0 Å². The molecule has 1 aromatic carbocycles. The summed E-state index contributed by atoms with van der Waals surface area (Å²) >= 11 is 1.15. The number of aromatic nitrogens is 4. The number of fused-ring (bicyclic) bond motifs is 6. The molecular formula is C35H38F3N7O2S. The first kappa shape index (κ1) is 32.3. The number of rotatable bonds is 6. The van der Waals surface area contributed by atoms with Gasteiger partial charge in [-0.1, -0.05) is 36.4 Å². The number of halogens is 3. The summed E-state index contributed by atoms with van der Waals surface area (Å²) in [6, 6.07) is 21.2. The molecule has 252 valence electrons.